The lowest BCUT2D eigenvalue weighted by molar-refractivity contribution is -0.0543. The molecular weight excluding hydrogens is 216 g/mol. The standard InChI is InChI=1S/C18H32/c1-6-8-17(2,3)15-13-10-12-7-9-18(4,5)16(15)14(12)11-13/h12-16H,6-11H2,1-5H3. The molecule has 0 N–H and O–H groups in total. The van der Waals surface area contributed by atoms with E-state index in [9.17, 15) is 0 Å². The van der Waals surface area contributed by atoms with Crippen LogP contribution in [0.25, 0.3) is 0 Å². The molecule has 3 rings (SSSR count). The molecule has 0 heteroatoms. The predicted molar refractivity (Wildman–Crippen MR) is 78.4 cm³/mol. The van der Waals surface area contributed by atoms with Crippen LogP contribution in [0.1, 0.15) is 73.1 Å². The molecule has 104 valence electrons. The van der Waals surface area contributed by atoms with Gasteiger partial charge in [0.2, 0.25) is 0 Å². The average molecular weight is 248 g/mol. The van der Waals surface area contributed by atoms with Gasteiger partial charge in [-0.3, -0.25) is 0 Å². The van der Waals surface area contributed by atoms with Crippen molar-refractivity contribution in [1.29, 1.82) is 0 Å². The second-order valence-corrected chi connectivity index (χ2v) is 8.97. The summed E-state index contributed by atoms with van der Waals surface area (Å²) in [5, 5.41) is 0. The molecular formula is C18H32. The first kappa shape index (κ1) is 13.0. The smallest absolute Gasteiger partial charge is 0.0295 e. The molecule has 3 aliphatic rings. The van der Waals surface area contributed by atoms with Gasteiger partial charge in [0.1, 0.15) is 0 Å². The molecule has 0 aromatic carbocycles. The molecule has 0 aliphatic heterocycles. The van der Waals surface area contributed by atoms with Crippen molar-refractivity contribution in [2.75, 3.05) is 0 Å². The van der Waals surface area contributed by atoms with Gasteiger partial charge in [0.15, 0.2) is 0 Å². The minimum absolute atomic E-state index is 0.582. The second kappa shape index (κ2) is 4.00. The summed E-state index contributed by atoms with van der Waals surface area (Å²) in [4.78, 5) is 0. The van der Waals surface area contributed by atoms with Gasteiger partial charge in [0.05, 0.1) is 0 Å². The first-order chi connectivity index (χ1) is 8.37. The van der Waals surface area contributed by atoms with Crippen LogP contribution in [0.2, 0.25) is 0 Å². The van der Waals surface area contributed by atoms with Crippen molar-refractivity contribution in [3.63, 3.8) is 0 Å². The highest BCUT2D eigenvalue weighted by Gasteiger charge is 2.61. The molecule has 2 bridgehead atoms. The first-order valence-electron chi connectivity index (χ1n) is 8.37. The summed E-state index contributed by atoms with van der Waals surface area (Å²) in [7, 11) is 0. The molecule has 5 atom stereocenters. The van der Waals surface area contributed by atoms with Crippen LogP contribution >= 0.6 is 0 Å². The maximum Gasteiger partial charge on any atom is -0.0295 e. The zero-order chi connectivity index (χ0) is 13.1. The molecule has 0 spiro atoms. The Morgan fingerprint density at radius 1 is 1.11 bits per heavy atom. The Labute approximate surface area is 114 Å². The van der Waals surface area contributed by atoms with Gasteiger partial charge in [-0.1, -0.05) is 41.0 Å². The van der Waals surface area contributed by atoms with Gasteiger partial charge >= 0.3 is 0 Å². The Morgan fingerprint density at radius 3 is 2.50 bits per heavy atom. The molecule has 0 amide bonds. The lowest BCUT2D eigenvalue weighted by atomic mass is 9.51. The van der Waals surface area contributed by atoms with Crippen LogP contribution in [0, 0.1) is 40.4 Å². The van der Waals surface area contributed by atoms with E-state index in [-0.39, 0.29) is 0 Å². The van der Waals surface area contributed by atoms with Crippen LogP contribution in [-0.4, -0.2) is 0 Å². The number of hydrogen-bond donors (Lipinski definition) is 0. The van der Waals surface area contributed by atoms with Crippen LogP contribution in [0.3, 0.4) is 0 Å². The molecule has 0 saturated heterocycles. The zero-order valence-electron chi connectivity index (χ0n) is 13.1. The van der Waals surface area contributed by atoms with E-state index in [4.69, 9.17) is 0 Å². The van der Waals surface area contributed by atoms with Gasteiger partial charge in [-0.15, -0.1) is 0 Å². The van der Waals surface area contributed by atoms with Crippen LogP contribution in [-0.2, 0) is 0 Å². The highest BCUT2D eigenvalue weighted by atomic mass is 14.7. The number of rotatable bonds is 3. The summed E-state index contributed by atoms with van der Waals surface area (Å²) < 4.78 is 0. The fraction of sp³-hybridized carbons (Fsp3) is 1.00. The van der Waals surface area contributed by atoms with E-state index in [0.29, 0.717) is 10.8 Å². The Kier molecular flexibility index (Phi) is 2.89. The molecule has 0 nitrogen and oxygen atoms in total. The summed E-state index contributed by atoms with van der Waals surface area (Å²) in [5.74, 6) is 5.35. The average Bonchev–Trinajstić information content (AvgIpc) is 2.82. The van der Waals surface area contributed by atoms with Crippen molar-refractivity contribution >= 4 is 0 Å². The van der Waals surface area contributed by atoms with Gasteiger partial charge in [0, 0.05) is 0 Å². The van der Waals surface area contributed by atoms with Gasteiger partial charge < -0.3 is 0 Å². The van der Waals surface area contributed by atoms with E-state index in [0.717, 1.165) is 29.6 Å². The van der Waals surface area contributed by atoms with Crippen LogP contribution in [0.4, 0.5) is 0 Å². The van der Waals surface area contributed by atoms with Crippen molar-refractivity contribution in [2.24, 2.45) is 40.4 Å². The van der Waals surface area contributed by atoms with E-state index in [1.165, 1.54) is 25.7 Å². The number of hydrogen-bond acceptors (Lipinski definition) is 0. The number of fused-ring (bicyclic) bond motifs is 1. The minimum atomic E-state index is 0.582. The third kappa shape index (κ3) is 1.70. The lowest BCUT2D eigenvalue weighted by Gasteiger charge is -2.54. The van der Waals surface area contributed by atoms with Gasteiger partial charge in [-0.2, -0.15) is 0 Å². The van der Waals surface area contributed by atoms with Crippen LogP contribution in [0.15, 0.2) is 0 Å². The maximum atomic E-state index is 2.57. The second-order valence-electron chi connectivity index (χ2n) is 8.97. The van der Waals surface area contributed by atoms with E-state index >= 15 is 0 Å². The topological polar surface area (TPSA) is 0 Å². The monoisotopic (exact) mass is 248 g/mol. The normalized spacial score (nSPS) is 45.5. The van der Waals surface area contributed by atoms with E-state index in [1.54, 1.807) is 12.8 Å². The summed E-state index contributed by atoms with van der Waals surface area (Å²) >= 11 is 0. The van der Waals surface area contributed by atoms with Crippen molar-refractivity contribution in [2.45, 2.75) is 73.1 Å². The van der Waals surface area contributed by atoms with Crippen molar-refractivity contribution in [3.8, 4) is 0 Å². The van der Waals surface area contributed by atoms with Gasteiger partial charge in [-0.05, 0) is 72.5 Å². The Hall–Kier alpha value is 0. The van der Waals surface area contributed by atoms with E-state index in [2.05, 4.69) is 34.6 Å². The van der Waals surface area contributed by atoms with Crippen molar-refractivity contribution in [3.05, 3.63) is 0 Å². The summed E-state index contributed by atoms with van der Waals surface area (Å²) in [6, 6.07) is 0. The molecule has 5 unspecified atom stereocenters. The molecule has 0 radical (unpaired) electrons. The fourth-order valence-corrected chi connectivity index (χ4v) is 6.55. The lowest BCUT2D eigenvalue weighted by Crippen LogP contribution is -2.47. The first-order valence-corrected chi connectivity index (χ1v) is 8.37. The van der Waals surface area contributed by atoms with E-state index in [1.807, 2.05) is 0 Å². The summed E-state index contributed by atoms with van der Waals surface area (Å²) in [6.07, 6.45) is 8.97. The molecule has 0 aromatic heterocycles. The largest absolute Gasteiger partial charge is 0.0654 e. The molecule has 0 aromatic rings. The molecule has 3 aliphatic carbocycles. The predicted octanol–water partition coefficient (Wildman–Crippen LogP) is 5.52. The third-order valence-corrected chi connectivity index (χ3v) is 7.00. The minimum Gasteiger partial charge on any atom is -0.0654 e. The highest BCUT2D eigenvalue weighted by Crippen LogP contribution is 2.69. The van der Waals surface area contributed by atoms with Gasteiger partial charge in [0.25, 0.3) is 0 Å². The Morgan fingerprint density at radius 2 is 1.83 bits per heavy atom. The maximum absolute atomic E-state index is 2.57. The quantitative estimate of drug-likeness (QED) is 0.617. The van der Waals surface area contributed by atoms with Crippen molar-refractivity contribution < 1.29 is 0 Å². The van der Waals surface area contributed by atoms with Crippen LogP contribution < -0.4 is 0 Å². The molecule has 18 heavy (non-hydrogen) atoms. The third-order valence-electron chi connectivity index (χ3n) is 7.00. The molecule has 0 heterocycles. The Balaban J connectivity index is 1.92. The highest BCUT2D eigenvalue weighted by molar-refractivity contribution is 5.10. The summed E-state index contributed by atoms with van der Waals surface area (Å²) in [5.41, 5.74) is 1.20. The fourth-order valence-electron chi connectivity index (χ4n) is 6.55. The van der Waals surface area contributed by atoms with Gasteiger partial charge in [-0.25, -0.2) is 0 Å². The summed E-state index contributed by atoms with van der Waals surface area (Å²) in [6.45, 7) is 12.7. The zero-order valence-corrected chi connectivity index (χ0v) is 13.1. The SMILES string of the molecule is CCCC(C)(C)C1C2CC3CCC(C)(C)C1C3C2. The molecule has 3 fully saturated rings. The van der Waals surface area contributed by atoms with E-state index < -0.39 is 0 Å². The van der Waals surface area contributed by atoms with Crippen LogP contribution in [0.5, 0.6) is 0 Å². The molecule has 3 saturated carbocycles. The Bertz CT molecular complexity index is 325. The van der Waals surface area contributed by atoms with Crippen molar-refractivity contribution in [1.82, 2.24) is 0 Å².